The Labute approximate surface area is 299 Å². The summed E-state index contributed by atoms with van der Waals surface area (Å²) in [6, 6.07) is 62.0. The third kappa shape index (κ3) is 3.85. The number of benzene rings is 8. The molecule has 242 valence electrons. The molecule has 0 amide bonds. The number of furan rings is 1. The van der Waals surface area contributed by atoms with E-state index in [2.05, 4.69) is 179 Å². The molecule has 0 atom stereocenters. The van der Waals surface area contributed by atoms with Gasteiger partial charge in [0.2, 0.25) is 0 Å². The summed E-state index contributed by atoms with van der Waals surface area (Å²) in [7, 11) is 0. The summed E-state index contributed by atoms with van der Waals surface area (Å²) >= 11 is 0. The fraction of sp³-hybridized carbons (Fsp3) is 0.0204. The molecule has 0 N–H and O–H groups in total. The molecular weight excluding hydrogens is 633 g/mol. The van der Waals surface area contributed by atoms with Crippen molar-refractivity contribution in [1.29, 1.82) is 0 Å². The number of hydrogen-bond donors (Lipinski definition) is 0. The van der Waals surface area contributed by atoms with E-state index in [0.717, 1.165) is 34.0 Å². The van der Waals surface area contributed by atoms with E-state index in [1.165, 1.54) is 82.7 Å². The molecule has 11 aromatic rings. The van der Waals surface area contributed by atoms with Crippen molar-refractivity contribution in [3.8, 4) is 33.6 Å². The highest BCUT2D eigenvalue weighted by Crippen LogP contribution is 2.43. The highest BCUT2D eigenvalue weighted by atomic mass is 16.3. The van der Waals surface area contributed by atoms with Gasteiger partial charge in [-0.05, 0) is 113 Å². The van der Waals surface area contributed by atoms with E-state index in [4.69, 9.17) is 4.42 Å². The van der Waals surface area contributed by atoms with E-state index in [9.17, 15) is 0 Å². The van der Waals surface area contributed by atoms with Crippen molar-refractivity contribution in [1.82, 2.24) is 9.13 Å². The Kier molecular flexibility index (Phi) is 5.56. The molecule has 0 saturated heterocycles. The van der Waals surface area contributed by atoms with Crippen molar-refractivity contribution in [2.45, 2.75) is 6.42 Å². The summed E-state index contributed by atoms with van der Waals surface area (Å²) in [5.41, 5.74) is 16.8. The predicted molar refractivity (Wildman–Crippen MR) is 216 cm³/mol. The normalized spacial score (nSPS) is 12.5. The molecule has 3 nitrogen and oxygen atoms in total. The quantitative estimate of drug-likeness (QED) is 0.185. The van der Waals surface area contributed by atoms with Crippen LogP contribution in [-0.2, 0) is 6.42 Å². The van der Waals surface area contributed by atoms with E-state index in [-0.39, 0.29) is 0 Å². The molecule has 1 aliphatic carbocycles. The maximum absolute atomic E-state index is 6.41. The summed E-state index contributed by atoms with van der Waals surface area (Å²) in [4.78, 5) is 0. The zero-order valence-corrected chi connectivity index (χ0v) is 28.2. The first-order valence-electron chi connectivity index (χ1n) is 18.0. The second-order valence-electron chi connectivity index (χ2n) is 14.1. The Morgan fingerprint density at radius 1 is 0.346 bits per heavy atom. The van der Waals surface area contributed by atoms with Gasteiger partial charge in [0, 0.05) is 43.7 Å². The Bertz CT molecular complexity index is 3170. The highest BCUT2D eigenvalue weighted by Gasteiger charge is 2.22. The van der Waals surface area contributed by atoms with Crippen molar-refractivity contribution in [3.05, 3.63) is 181 Å². The van der Waals surface area contributed by atoms with Gasteiger partial charge in [-0.15, -0.1) is 0 Å². The Hall–Kier alpha value is -6.84. The van der Waals surface area contributed by atoms with Gasteiger partial charge in [-0.3, -0.25) is 0 Å². The SMILES string of the molecule is c1ccc2c(c1)c1ccccc1n2-c1ccc2c(c1)-c1cc(-c3ccc4oc5ccc(-n6c7ccccc7c7ccccc76)cc5c4c3)ccc1C2. The van der Waals surface area contributed by atoms with Gasteiger partial charge in [0.15, 0.2) is 0 Å². The molecule has 1 aliphatic rings. The number of rotatable bonds is 3. The molecule has 52 heavy (non-hydrogen) atoms. The third-order valence-corrected chi connectivity index (χ3v) is 11.3. The molecule has 12 rings (SSSR count). The molecule has 0 bridgehead atoms. The van der Waals surface area contributed by atoms with Gasteiger partial charge in [-0.2, -0.15) is 0 Å². The summed E-state index contributed by atoms with van der Waals surface area (Å²) < 4.78 is 11.2. The number of nitrogens with zero attached hydrogens (tertiary/aromatic N) is 2. The van der Waals surface area contributed by atoms with Gasteiger partial charge >= 0.3 is 0 Å². The van der Waals surface area contributed by atoms with Gasteiger partial charge in [0.05, 0.1) is 22.1 Å². The number of hydrogen-bond acceptors (Lipinski definition) is 1. The lowest BCUT2D eigenvalue weighted by molar-refractivity contribution is 0.669. The van der Waals surface area contributed by atoms with E-state index in [0.29, 0.717) is 0 Å². The minimum Gasteiger partial charge on any atom is -0.456 e. The molecule has 0 radical (unpaired) electrons. The van der Waals surface area contributed by atoms with Crippen molar-refractivity contribution < 1.29 is 4.42 Å². The first-order chi connectivity index (χ1) is 25.8. The van der Waals surface area contributed by atoms with Crippen molar-refractivity contribution in [2.24, 2.45) is 0 Å². The van der Waals surface area contributed by atoms with Crippen LogP contribution in [-0.4, -0.2) is 9.13 Å². The van der Waals surface area contributed by atoms with E-state index in [1.54, 1.807) is 0 Å². The van der Waals surface area contributed by atoms with Crippen molar-refractivity contribution in [2.75, 3.05) is 0 Å². The largest absolute Gasteiger partial charge is 0.456 e. The Balaban J connectivity index is 0.987. The van der Waals surface area contributed by atoms with Gasteiger partial charge in [0.1, 0.15) is 11.2 Å². The third-order valence-electron chi connectivity index (χ3n) is 11.3. The summed E-state index contributed by atoms with van der Waals surface area (Å²) in [5, 5.41) is 7.34. The fourth-order valence-electron chi connectivity index (χ4n) is 8.96. The van der Waals surface area contributed by atoms with Crippen LogP contribution in [0.5, 0.6) is 0 Å². The van der Waals surface area contributed by atoms with Crippen LogP contribution in [0.3, 0.4) is 0 Å². The van der Waals surface area contributed by atoms with Crippen LogP contribution in [0.15, 0.2) is 174 Å². The van der Waals surface area contributed by atoms with Crippen LogP contribution in [0, 0.1) is 0 Å². The smallest absolute Gasteiger partial charge is 0.135 e. The van der Waals surface area contributed by atoms with Gasteiger partial charge in [-0.25, -0.2) is 0 Å². The molecule has 8 aromatic carbocycles. The predicted octanol–water partition coefficient (Wildman–Crippen LogP) is 13.0. The molecule has 3 heteroatoms. The number of fused-ring (bicyclic) bond motifs is 12. The second kappa shape index (κ2) is 10.3. The highest BCUT2D eigenvalue weighted by molar-refractivity contribution is 6.11. The van der Waals surface area contributed by atoms with Crippen LogP contribution in [0.25, 0.3) is 99.2 Å². The topological polar surface area (TPSA) is 23.0 Å². The first-order valence-corrected chi connectivity index (χ1v) is 18.0. The van der Waals surface area contributed by atoms with Gasteiger partial charge in [0.25, 0.3) is 0 Å². The molecule has 3 heterocycles. The van der Waals surface area contributed by atoms with E-state index >= 15 is 0 Å². The molecular formula is C49H30N2O. The molecule has 0 fully saturated rings. The number of aromatic nitrogens is 2. The standard InChI is InChI=1S/C49H30N2O/c1-5-13-44-36(9-1)37-10-2-6-14-45(37)50(44)34-21-19-33-25-32-18-17-30(26-40(32)41(33)28-34)31-20-23-48-42(27-31)43-29-35(22-24-49(43)52-48)51-46-15-7-3-11-38(46)39-12-4-8-16-47(39)51/h1-24,26-29H,25H2. The van der Waals surface area contributed by atoms with Crippen LogP contribution in [0.2, 0.25) is 0 Å². The van der Waals surface area contributed by atoms with Crippen LogP contribution in [0.4, 0.5) is 0 Å². The summed E-state index contributed by atoms with van der Waals surface area (Å²) in [5.74, 6) is 0. The van der Waals surface area contributed by atoms with Crippen molar-refractivity contribution in [3.63, 3.8) is 0 Å². The molecule has 3 aromatic heterocycles. The zero-order valence-electron chi connectivity index (χ0n) is 28.2. The van der Waals surface area contributed by atoms with Crippen LogP contribution >= 0.6 is 0 Å². The molecule has 0 saturated carbocycles. The minimum atomic E-state index is 0.900. The fourth-order valence-corrected chi connectivity index (χ4v) is 8.96. The minimum absolute atomic E-state index is 0.900. The lowest BCUT2D eigenvalue weighted by Gasteiger charge is -2.11. The van der Waals surface area contributed by atoms with Gasteiger partial charge in [-0.1, -0.05) is 97.1 Å². The average Bonchev–Trinajstić information content (AvgIpc) is 3.94. The van der Waals surface area contributed by atoms with Crippen LogP contribution < -0.4 is 0 Å². The lowest BCUT2D eigenvalue weighted by atomic mass is 9.97. The zero-order chi connectivity index (χ0) is 33.9. The monoisotopic (exact) mass is 662 g/mol. The number of para-hydroxylation sites is 4. The molecule has 0 unspecified atom stereocenters. The summed E-state index contributed by atoms with van der Waals surface area (Å²) in [6.07, 6.45) is 0.954. The lowest BCUT2D eigenvalue weighted by Crippen LogP contribution is -1.94. The molecule has 0 aliphatic heterocycles. The average molecular weight is 663 g/mol. The second-order valence-corrected chi connectivity index (χ2v) is 14.1. The van der Waals surface area contributed by atoms with Gasteiger partial charge < -0.3 is 13.6 Å². The van der Waals surface area contributed by atoms with E-state index in [1.807, 2.05) is 0 Å². The summed E-state index contributed by atoms with van der Waals surface area (Å²) in [6.45, 7) is 0. The molecule has 0 spiro atoms. The van der Waals surface area contributed by atoms with Crippen LogP contribution in [0.1, 0.15) is 11.1 Å². The maximum Gasteiger partial charge on any atom is 0.135 e. The van der Waals surface area contributed by atoms with Crippen molar-refractivity contribution >= 4 is 65.6 Å². The first kappa shape index (κ1) is 27.9. The Morgan fingerprint density at radius 3 is 1.37 bits per heavy atom. The maximum atomic E-state index is 6.41. The van der Waals surface area contributed by atoms with E-state index < -0.39 is 0 Å². The Morgan fingerprint density at radius 2 is 0.769 bits per heavy atom.